The van der Waals surface area contributed by atoms with Gasteiger partial charge in [-0.2, -0.15) is 0 Å². The minimum absolute atomic E-state index is 0.936. The Kier molecular flexibility index (Phi) is 5.40. The first-order valence-electron chi connectivity index (χ1n) is 17.9. The van der Waals surface area contributed by atoms with Gasteiger partial charge in [-0.3, -0.25) is 0 Å². The highest BCUT2D eigenvalue weighted by molar-refractivity contribution is 7.26. The van der Waals surface area contributed by atoms with E-state index in [0.717, 1.165) is 49.4 Å². The lowest BCUT2D eigenvalue weighted by atomic mass is 10.1. The molecular formula is C48H26N2OS2. The highest BCUT2D eigenvalue weighted by atomic mass is 32.1. The maximum absolute atomic E-state index is 7.22. The maximum Gasteiger partial charge on any atom is 0.145 e. The summed E-state index contributed by atoms with van der Waals surface area (Å²) in [6.45, 7) is 0. The fourth-order valence-electron chi connectivity index (χ4n) is 9.09. The van der Waals surface area contributed by atoms with E-state index in [4.69, 9.17) is 4.42 Å². The predicted molar refractivity (Wildman–Crippen MR) is 228 cm³/mol. The van der Waals surface area contributed by atoms with Crippen molar-refractivity contribution in [3.63, 3.8) is 0 Å². The second-order valence-electron chi connectivity index (χ2n) is 14.0. The average Bonchev–Trinajstić information content (AvgIpc) is 4.01. The number of nitrogens with zero attached hydrogens (tertiary/aromatic N) is 2. The second-order valence-corrected chi connectivity index (χ2v) is 16.1. The first-order chi connectivity index (χ1) is 26.3. The van der Waals surface area contributed by atoms with Crippen molar-refractivity contribution in [3.05, 3.63) is 158 Å². The number of rotatable bonds is 2. The lowest BCUT2D eigenvalue weighted by Gasteiger charge is -2.09. The van der Waals surface area contributed by atoms with E-state index >= 15 is 0 Å². The van der Waals surface area contributed by atoms with Crippen molar-refractivity contribution in [1.82, 2.24) is 9.13 Å². The molecule has 0 unspecified atom stereocenters. The fourth-order valence-corrected chi connectivity index (χ4v) is 11.4. The summed E-state index contributed by atoms with van der Waals surface area (Å²) in [5, 5.41) is 12.2. The van der Waals surface area contributed by atoms with E-state index in [1.54, 1.807) is 0 Å². The van der Waals surface area contributed by atoms with Gasteiger partial charge in [0.05, 0.1) is 43.2 Å². The van der Waals surface area contributed by atoms with Gasteiger partial charge in [0.15, 0.2) is 0 Å². The zero-order valence-corrected chi connectivity index (χ0v) is 29.8. The Morgan fingerprint density at radius 1 is 0.358 bits per heavy atom. The molecule has 0 bridgehead atoms. The molecule has 3 nitrogen and oxygen atoms in total. The number of hydrogen-bond acceptors (Lipinski definition) is 3. The Labute approximate surface area is 309 Å². The van der Waals surface area contributed by atoms with Crippen molar-refractivity contribution in [3.8, 4) is 11.4 Å². The predicted octanol–water partition coefficient (Wildman–Crippen LogP) is 14.5. The summed E-state index contributed by atoms with van der Waals surface area (Å²) in [6.07, 6.45) is 0. The largest absolute Gasteiger partial charge is 0.455 e. The number of aromatic nitrogens is 2. The van der Waals surface area contributed by atoms with Crippen LogP contribution in [0.15, 0.2) is 162 Å². The summed E-state index contributed by atoms with van der Waals surface area (Å²) in [7, 11) is 0. The van der Waals surface area contributed by atoms with Crippen LogP contribution in [0, 0.1) is 0 Å². The Bertz CT molecular complexity index is 3700. The summed E-state index contributed by atoms with van der Waals surface area (Å²) < 4.78 is 17.3. The number of furan rings is 1. The van der Waals surface area contributed by atoms with Crippen molar-refractivity contribution in [2.45, 2.75) is 0 Å². The third-order valence-corrected chi connectivity index (χ3v) is 13.7. The van der Waals surface area contributed by atoms with Gasteiger partial charge < -0.3 is 13.6 Å². The van der Waals surface area contributed by atoms with E-state index in [1.807, 2.05) is 22.7 Å². The number of hydrogen-bond donors (Lipinski definition) is 0. The van der Waals surface area contributed by atoms with Gasteiger partial charge in [0.2, 0.25) is 0 Å². The zero-order chi connectivity index (χ0) is 34.4. The van der Waals surface area contributed by atoms with Crippen molar-refractivity contribution >= 4 is 129 Å². The van der Waals surface area contributed by atoms with E-state index < -0.39 is 0 Å². The van der Waals surface area contributed by atoms with E-state index in [0.29, 0.717) is 0 Å². The Hall–Kier alpha value is -6.40. The second kappa shape index (κ2) is 10.1. The molecule has 0 N–H and O–H groups in total. The lowest BCUT2D eigenvalue weighted by Crippen LogP contribution is -1.93. The number of para-hydroxylation sites is 2. The van der Waals surface area contributed by atoms with Crippen LogP contribution >= 0.6 is 22.7 Å². The SMILES string of the molecule is c1ccc2c(c1)sc1ccc(-n3c4ccccc4c4c5oc6c(ccc7c6c6ccccc6n7-c6cccc7c6sc6ccccc67)c5ccc43)cc12. The molecule has 0 saturated carbocycles. The van der Waals surface area contributed by atoms with Crippen LogP contribution in [0.2, 0.25) is 0 Å². The Balaban J connectivity index is 1.12. The van der Waals surface area contributed by atoms with Crippen molar-refractivity contribution in [2.24, 2.45) is 0 Å². The first-order valence-corrected chi connectivity index (χ1v) is 19.6. The molecular weight excluding hydrogens is 685 g/mol. The summed E-state index contributed by atoms with van der Waals surface area (Å²) in [4.78, 5) is 0. The van der Waals surface area contributed by atoms with Crippen LogP contribution in [0.5, 0.6) is 0 Å². The highest BCUT2D eigenvalue weighted by Gasteiger charge is 2.23. The lowest BCUT2D eigenvalue weighted by molar-refractivity contribution is 0.677. The smallest absolute Gasteiger partial charge is 0.145 e. The number of fused-ring (bicyclic) bond motifs is 17. The quantitative estimate of drug-likeness (QED) is 0.175. The van der Waals surface area contributed by atoms with E-state index in [1.165, 1.54) is 67.8 Å². The zero-order valence-electron chi connectivity index (χ0n) is 28.1. The maximum atomic E-state index is 7.22. The summed E-state index contributed by atoms with van der Waals surface area (Å²) in [5.74, 6) is 0. The summed E-state index contributed by atoms with van der Waals surface area (Å²) in [5.41, 5.74) is 8.88. The monoisotopic (exact) mass is 710 g/mol. The van der Waals surface area contributed by atoms with Crippen molar-refractivity contribution < 1.29 is 4.42 Å². The van der Waals surface area contributed by atoms with E-state index in [2.05, 4.69) is 167 Å². The molecule has 0 aliphatic carbocycles. The Morgan fingerprint density at radius 3 is 1.62 bits per heavy atom. The molecule has 13 aromatic rings. The molecule has 5 heterocycles. The normalized spacial score (nSPS) is 12.5. The molecule has 0 spiro atoms. The Morgan fingerprint density at radius 2 is 0.906 bits per heavy atom. The third kappa shape index (κ3) is 3.63. The molecule has 8 aromatic carbocycles. The van der Waals surface area contributed by atoms with Crippen LogP contribution in [-0.4, -0.2) is 9.13 Å². The standard InChI is InChI=1S/C48H26N2OS2/c1-5-15-36-33(12-1)44-38(49(36)27-20-25-43-35(26-27)29-11-4-7-18-41(29)52-43)23-21-30-31-22-24-39-45(47(31)51-46(30)44)34-13-2-6-16-37(34)50(39)40-17-9-14-32-28-10-3-8-19-42(28)53-48(32)40/h1-26H. The molecule has 0 amide bonds. The van der Waals surface area contributed by atoms with Gasteiger partial charge in [-0.25, -0.2) is 0 Å². The van der Waals surface area contributed by atoms with Crippen molar-refractivity contribution in [2.75, 3.05) is 0 Å². The van der Waals surface area contributed by atoms with Crippen LogP contribution in [0.1, 0.15) is 0 Å². The van der Waals surface area contributed by atoms with Gasteiger partial charge >= 0.3 is 0 Å². The van der Waals surface area contributed by atoms with Crippen LogP contribution in [0.3, 0.4) is 0 Å². The first kappa shape index (κ1) is 28.2. The molecule has 13 rings (SSSR count). The molecule has 0 aliphatic rings. The molecule has 246 valence electrons. The minimum Gasteiger partial charge on any atom is -0.455 e. The third-order valence-electron chi connectivity index (χ3n) is 11.3. The van der Waals surface area contributed by atoms with Gasteiger partial charge in [-0.15, -0.1) is 22.7 Å². The van der Waals surface area contributed by atoms with Gasteiger partial charge in [-0.1, -0.05) is 84.9 Å². The molecule has 53 heavy (non-hydrogen) atoms. The molecule has 0 atom stereocenters. The molecule has 0 saturated heterocycles. The number of thiophene rings is 2. The van der Waals surface area contributed by atoms with Gasteiger partial charge in [0.1, 0.15) is 11.2 Å². The highest BCUT2D eigenvalue weighted by Crippen LogP contribution is 2.46. The van der Waals surface area contributed by atoms with E-state index in [-0.39, 0.29) is 0 Å². The molecule has 0 radical (unpaired) electrons. The minimum atomic E-state index is 0.936. The van der Waals surface area contributed by atoms with Crippen molar-refractivity contribution in [1.29, 1.82) is 0 Å². The number of benzene rings is 8. The fraction of sp³-hybridized carbons (Fsp3) is 0. The van der Waals surface area contributed by atoms with Gasteiger partial charge in [-0.05, 0) is 72.8 Å². The van der Waals surface area contributed by atoms with Crippen LogP contribution in [0.4, 0.5) is 0 Å². The average molecular weight is 711 g/mol. The molecule has 0 fully saturated rings. The molecule has 5 aromatic heterocycles. The van der Waals surface area contributed by atoms with Crippen LogP contribution < -0.4 is 0 Å². The summed E-state index contributed by atoms with van der Waals surface area (Å²) >= 11 is 3.73. The van der Waals surface area contributed by atoms with Gasteiger partial charge in [0, 0.05) is 62.9 Å². The summed E-state index contributed by atoms with van der Waals surface area (Å²) in [6, 6.07) is 57.7. The van der Waals surface area contributed by atoms with Crippen LogP contribution in [0.25, 0.3) is 117 Å². The topological polar surface area (TPSA) is 23.0 Å². The molecule has 5 heteroatoms. The van der Waals surface area contributed by atoms with Gasteiger partial charge in [0.25, 0.3) is 0 Å². The van der Waals surface area contributed by atoms with E-state index in [9.17, 15) is 0 Å². The van der Waals surface area contributed by atoms with Crippen LogP contribution in [-0.2, 0) is 0 Å². The molecule has 0 aliphatic heterocycles.